The summed E-state index contributed by atoms with van der Waals surface area (Å²) in [5.41, 5.74) is 1.27. The first kappa shape index (κ1) is 18.0. The molecule has 0 bridgehead atoms. The second kappa shape index (κ2) is 7.95. The molecule has 4 nitrogen and oxygen atoms in total. The quantitative estimate of drug-likeness (QED) is 0.868. The third-order valence-electron chi connectivity index (χ3n) is 4.65. The highest BCUT2D eigenvalue weighted by molar-refractivity contribution is 7.92. The fourth-order valence-electron chi connectivity index (χ4n) is 3.16. The molecule has 1 N–H and O–H groups in total. The minimum Gasteiger partial charge on any atom is -0.352 e. The predicted octanol–water partition coefficient (Wildman–Crippen LogP) is 2.73. The Bertz CT molecular complexity index is 610. The van der Waals surface area contributed by atoms with Crippen LogP contribution in [-0.2, 0) is 21.1 Å². The molecule has 1 aliphatic rings. The van der Waals surface area contributed by atoms with Gasteiger partial charge in [-0.25, -0.2) is 8.42 Å². The molecule has 1 amide bonds. The number of hydrogen-bond acceptors (Lipinski definition) is 3. The highest BCUT2D eigenvalue weighted by atomic mass is 32.2. The van der Waals surface area contributed by atoms with E-state index in [4.69, 9.17) is 0 Å². The van der Waals surface area contributed by atoms with E-state index in [9.17, 15) is 13.2 Å². The normalized spacial score (nSPS) is 22.0. The SMILES string of the molecule is CC(C)S(=O)(=O)CC(=O)N[C@H]1CCCC[C@H]1Cc1ccccc1. The first-order chi connectivity index (χ1) is 10.9. The van der Waals surface area contributed by atoms with Crippen LogP contribution >= 0.6 is 0 Å². The summed E-state index contributed by atoms with van der Waals surface area (Å²) in [6.45, 7) is 3.23. The van der Waals surface area contributed by atoms with Crippen LogP contribution in [0.3, 0.4) is 0 Å². The largest absolute Gasteiger partial charge is 0.352 e. The second-order valence-corrected chi connectivity index (χ2v) is 9.32. The van der Waals surface area contributed by atoms with Crippen molar-refractivity contribution in [1.29, 1.82) is 0 Å². The summed E-state index contributed by atoms with van der Waals surface area (Å²) in [6.07, 6.45) is 5.21. The minimum atomic E-state index is -3.34. The molecule has 1 saturated carbocycles. The van der Waals surface area contributed by atoms with Crippen LogP contribution in [-0.4, -0.2) is 31.4 Å². The predicted molar refractivity (Wildman–Crippen MR) is 93.0 cm³/mol. The summed E-state index contributed by atoms with van der Waals surface area (Å²) < 4.78 is 23.8. The number of carbonyl (C=O) groups excluding carboxylic acids is 1. The van der Waals surface area contributed by atoms with Gasteiger partial charge in [0.2, 0.25) is 5.91 Å². The smallest absolute Gasteiger partial charge is 0.235 e. The van der Waals surface area contributed by atoms with Crippen molar-refractivity contribution in [3.05, 3.63) is 35.9 Å². The van der Waals surface area contributed by atoms with Gasteiger partial charge in [-0.05, 0) is 44.6 Å². The van der Waals surface area contributed by atoms with Crippen molar-refractivity contribution in [2.75, 3.05) is 5.75 Å². The van der Waals surface area contributed by atoms with Crippen LogP contribution in [0, 0.1) is 5.92 Å². The first-order valence-corrected chi connectivity index (χ1v) is 10.1. The molecule has 0 aliphatic heterocycles. The number of carbonyl (C=O) groups is 1. The van der Waals surface area contributed by atoms with Crippen LogP contribution in [0.5, 0.6) is 0 Å². The molecule has 0 saturated heterocycles. The molecule has 2 atom stereocenters. The lowest BCUT2D eigenvalue weighted by molar-refractivity contribution is -0.119. The van der Waals surface area contributed by atoms with Crippen LogP contribution in [0.1, 0.15) is 45.1 Å². The molecule has 0 heterocycles. The lowest BCUT2D eigenvalue weighted by Crippen LogP contribution is -2.45. The van der Waals surface area contributed by atoms with Gasteiger partial charge in [-0.2, -0.15) is 0 Å². The van der Waals surface area contributed by atoms with Crippen molar-refractivity contribution in [2.45, 2.75) is 57.2 Å². The molecule has 0 radical (unpaired) electrons. The molecule has 1 aliphatic carbocycles. The minimum absolute atomic E-state index is 0.0822. The van der Waals surface area contributed by atoms with Gasteiger partial charge < -0.3 is 5.32 Å². The van der Waals surface area contributed by atoms with Crippen molar-refractivity contribution in [1.82, 2.24) is 5.32 Å². The van der Waals surface area contributed by atoms with Gasteiger partial charge in [-0.15, -0.1) is 0 Å². The Labute approximate surface area is 139 Å². The van der Waals surface area contributed by atoms with E-state index in [2.05, 4.69) is 17.4 Å². The van der Waals surface area contributed by atoms with Crippen LogP contribution in [0.15, 0.2) is 30.3 Å². The van der Waals surface area contributed by atoms with E-state index in [-0.39, 0.29) is 11.9 Å². The van der Waals surface area contributed by atoms with Gasteiger partial charge in [-0.1, -0.05) is 43.2 Å². The highest BCUT2D eigenvalue weighted by Crippen LogP contribution is 2.27. The molecule has 0 unspecified atom stereocenters. The van der Waals surface area contributed by atoms with E-state index < -0.39 is 20.8 Å². The van der Waals surface area contributed by atoms with Crippen molar-refractivity contribution in [2.24, 2.45) is 5.92 Å². The van der Waals surface area contributed by atoms with Gasteiger partial charge in [-0.3, -0.25) is 4.79 Å². The van der Waals surface area contributed by atoms with E-state index >= 15 is 0 Å². The third kappa shape index (κ3) is 5.34. The van der Waals surface area contributed by atoms with Crippen LogP contribution in [0.2, 0.25) is 0 Å². The lowest BCUT2D eigenvalue weighted by atomic mass is 9.80. The Morgan fingerprint density at radius 2 is 1.83 bits per heavy atom. The third-order valence-corrected chi connectivity index (χ3v) is 6.75. The molecule has 1 fully saturated rings. The maximum absolute atomic E-state index is 12.1. The highest BCUT2D eigenvalue weighted by Gasteiger charge is 2.28. The van der Waals surface area contributed by atoms with E-state index in [0.29, 0.717) is 5.92 Å². The Hall–Kier alpha value is -1.36. The molecule has 1 aromatic carbocycles. The average molecular weight is 337 g/mol. The zero-order valence-electron chi connectivity index (χ0n) is 14.0. The molecule has 0 aromatic heterocycles. The Morgan fingerprint density at radius 1 is 1.17 bits per heavy atom. The number of benzene rings is 1. The van der Waals surface area contributed by atoms with Gasteiger partial charge in [0.25, 0.3) is 0 Å². The fraction of sp³-hybridized carbons (Fsp3) is 0.611. The first-order valence-electron chi connectivity index (χ1n) is 8.43. The topological polar surface area (TPSA) is 63.2 Å². The van der Waals surface area contributed by atoms with Gasteiger partial charge >= 0.3 is 0 Å². The Kier molecular flexibility index (Phi) is 6.22. The summed E-state index contributed by atoms with van der Waals surface area (Å²) in [7, 11) is -3.34. The molecule has 23 heavy (non-hydrogen) atoms. The number of hydrogen-bond donors (Lipinski definition) is 1. The van der Waals surface area contributed by atoms with Gasteiger partial charge in [0.15, 0.2) is 9.84 Å². The summed E-state index contributed by atoms with van der Waals surface area (Å²) in [5, 5.41) is 2.47. The van der Waals surface area contributed by atoms with Crippen LogP contribution in [0.4, 0.5) is 0 Å². The van der Waals surface area contributed by atoms with Crippen molar-refractivity contribution < 1.29 is 13.2 Å². The molecule has 5 heteroatoms. The summed E-state index contributed by atoms with van der Waals surface area (Å²) >= 11 is 0. The maximum atomic E-state index is 12.1. The zero-order valence-corrected chi connectivity index (χ0v) is 14.8. The molecular formula is C18H27NO3S. The summed E-state index contributed by atoms with van der Waals surface area (Å²) in [6, 6.07) is 10.4. The van der Waals surface area contributed by atoms with E-state index in [1.165, 1.54) is 12.0 Å². The van der Waals surface area contributed by atoms with Crippen LogP contribution in [0.25, 0.3) is 0 Å². The summed E-state index contributed by atoms with van der Waals surface area (Å²) in [4.78, 5) is 12.1. The van der Waals surface area contributed by atoms with Crippen molar-refractivity contribution in [3.8, 4) is 0 Å². The van der Waals surface area contributed by atoms with Crippen molar-refractivity contribution >= 4 is 15.7 Å². The van der Waals surface area contributed by atoms with Gasteiger partial charge in [0.05, 0.1) is 5.25 Å². The van der Waals surface area contributed by atoms with Gasteiger partial charge in [0, 0.05) is 6.04 Å². The van der Waals surface area contributed by atoms with E-state index in [0.717, 1.165) is 25.7 Å². The second-order valence-electron chi connectivity index (χ2n) is 6.76. The molecular weight excluding hydrogens is 310 g/mol. The van der Waals surface area contributed by atoms with Gasteiger partial charge in [0.1, 0.15) is 5.75 Å². The molecule has 1 aromatic rings. The number of nitrogens with one attached hydrogen (secondary N) is 1. The molecule has 128 valence electrons. The maximum Gasteiger partial charge on any atom is 0.235 e. The lowest BCUT2D eigenvalue weighted by Gasteiger charge is -2.32. The summed E-state index contributed by atoms with van der Waals surface area (Å²) in [5.74, 6) is -0.375. The monoisotopic (exact) mass is 337 g/mol. The Morgan fingerprint density at radius 3 is 2.48 bits per heavy atom. The standard InChI is InChI=1S/C18H27NO3S/c1-14(2)23(21,22)13-18(20)19-17-11-7-6-10-16(17)12-15-8-4-3-5-9-15/h3-5,8-9,14,16-17H,6-7,10-13H2,1-2H3,(H,19,20)/t16-,17-/m0/s1. The van der Waals surface area contributed by atoms with E-state index in [1.807, 2.05) is 18.2 Å². The number of rotatable bonds is 6. The number of amides is 1. The molecule has 0 spiro atoms. The Balaban J connectivity index is 1.97. The van der Waals surface area contributed by atoms with Crippen LogP contribution < -0.4 is 5.32 Å². The van der Waals surface area contributed by atoms with E-state index in [1.54, 1.807) is 13.8 Å². The zero-order chi connectivity index (χ0) is 16.9. The molecule has 2 rings (SSSR count). The number of sulfone groups is 1. The fourth-order valence-corrected chi connectivity index (χ4v) is 3.94. The average Bonchev–Trinajstić information content (AvgIpc) is 2.49. The van der Waals surface area contributed by atoms with Crippen molar-refractivity contribution in [3.63, 3.8) is 0 Å².